The second-order valence-electron chi connectivity index (χ2n) is 7.28. The van der Waals surface area contributed by atoms with E-state index in [4.69, 9.17) is 27.7 Å². The maximum absolute atomic E-state index is 6.41. The van der Waals surface area contributed by atoms with Crippen LogP contribution in [0.4, 0.5) is 22.7 Å². The van der Waals surface area contributed by atoms with E-state index in [1.165, 1.54) is 0 Å². The van der Waals surface area contributed by atoms with Crippen molar-refractivity contribution in [1.29, 1.82) is 0 Å². The van der Waals surface area contributed by atoms with Crippen LogP contribution in [0.25, 0.3) is 0 Å². The molecule has 8 N–H and O–H groups in total. The molecule has 1 rings (SSSR count). The van der Waals surface area contributed by atoms with Gasteiger partial charge >= 0.3 is 0 Å². The standard InChI is InChI=1S/C19H36N4O/c1-7-11-18(5,8-2)12-13(20)15(22)17(16(23)14(12)21)24-19(6,9-3)10-4/h7-11,20-23H2,1-6H3. The van der Waals surface area contributed by atoms with Crippen LogP contribution in [0.1, 0.15) is 79.2 Å². The lowest BCUT2D eigenvalue weighted by Gasteiger charge is -2.35. The first-order chi connectivity index (χ1) is 11.1. The third-order valence-electron chi connectivity index (χ3n) is 5.64. The molecule has 0 aliphatic rings. The molecule has 1 aromatic carbocycles. The van der Waals surface area contributed by atoms with Gasteiger partial charge in [-0.05, 0) is 38.0 Å². The molecule has 0 fully saturated rings. The van der Waals surface area contributed by atoms with Gasteiger partial charge in [-0.1, -0.05) is 41.0 Å². The van der Waals surface area contributed by atoms with Crippen LogP contribution in [-0.2, 0) is 5.41 Å². The molecule has 0 heterocycles. The Hall–Kier alpha value is -1.78. The lowest BCUT2D eigenvalue weighted by atomic mass is 9.74. The van der Waals surface area contributed by atoms with Gasteiger partial charge in [-0.3, -0.25) is 0 Å². The smallest absolute Gasteiger partial charge is 0.170 e. The molecule has 0 saturated carbocycles. The topological polar surface area (TPSA) is 113 Å². The first-order valence-electron chi connectivity index (χ1n) is 9.06. The Bertz CT molecular complexity index is 552. The molecular weight excluding hydrogens is 300 g/mol. The number of nitrogens with two attached hydrogens (primary N) is 4. The van der Waals surface area contributed by atoms with Crippen LogP contribution in [0, 0.1) is 0 Å². The Balaban J connectivity index is 3.57. The van der Waals surface area contributed by atoms with Crippen molar-refractivity contribution in [2.24, 2.45) is 0 Å². The third-order valence-corrected chi connectivity index (χ3v) is 5.64. The van der Waals surface area contributed by atoms with E-state index in [1.807, 2.05) is 6.92 Å². The average molecular weight is 337 g/mol. The van der Waals surface area contributed by atoms with E-state index in [0.717, 1.165) is 37.7 Å². The van der Waals surface area contributed by atoms with Gasteiger partial charge in [-0.15, -0.1) is 0 Å². The summed E-state index contributed by atoms with van der Waals surface area (Å²) in [5, 5.41) is 0. The van der Waals surface area contributed by atoms with Gasteiger partial charge in [0, 0.05) is 5.56 Å². The predicted octanol–water partition coefficient (Wildman–Crippen LogP) is 4.44. The molecule has 0 radical (unpaired) electrons. The van der Waals surface area contributed by atoms with Gasteiger partial charge in [-0.2, -0.15) is 0 Å². The summed E-state index contributed by atoms with van der Waals surface area (Å²) in [4.78, 5) is 0. The number of anilines is 4. The molecule has 0 aliphatic heterocycles. The Kier molecular flexibility index (Phi) is 6.26. The van der Waals surface area contributed by atoms with Gasteiger partial charge in [0.05, 0.1) is 11.4 Å². The second kappa shape index (κ2) is 7.41. The van der Waals surface area contributed by atoms with Crippen LogP contribution >= 0.6 is 0 Å². The largest absolute Gasteiger partial charge is 0.483 e. The van der Waals surface area contributed by atoms with E-state index in [0.29, 0.717) is 28.5 Å². The van der Waals surface area contributed by atoms with E-state index in [2.05, 4.69) is 34.6 Å². The quantitative estimate of drug-likeness (QED) is 0.524. The van der Waals surface area contributed by atoms with Crippen LogP contribution in [-0.4, -0.2) is 5.60 Å². The molecule has 1 aromatic rings. The summed E-state index contributed by atoms with van der Waals surface area (Å²) >= 11 is 0. The molecule has 5 nitrogen and oxygen atoms in total. The van der Waals surface area contributed by atoms with E-state index >= 15 is 0 Å². The van der Waals surface area contributed by atoms with Crippen molar-refractivity contribution in [2.45, 2.75) is 84.7 Å². The lowest BCUT2D eigenvalue weighted by molar-refractivity contribution is 0.0822. The van der Waals surface area contributed by atoms with Gasteiger partial charge in [0.1, 0.15) is 17.0 Å². The first kappa shape index (κ1) is 20.3. The maximum atomic E-state index is 6.41. The maximum Gasteiger partial charge on any atom is 0.170 e. The van der Waals surface area contributed by atoms with E-state index in [9.17, 15) is 0 Å². The Labute approximate surface area is 147 Å². The molecule has 0 aromatic heterocycles. The van der Waals surface area contributed by atoms with Gasteiger partial charge in [0.25, 0.3) is 0 Å². The van der Waals surface area contributed by atoms with Crippen molar-refractivity contribution in [1.82, 2.24) is 0 Å². The molecule has 1 atom stereocenters. The number of rotatable bonds is 8. The van der Waals surface area contributed by atoms with Crippen molar-refractivity contribution in [2.75, 3.05) is 22.9 Å². The number of benzene rings is 1. The van der Waals surface area contributed by atoms with E-state index in [1.54, 1.807) is 0 Å². The zero-order chi connectivity index (χ0) is 18.7. The van der Waals surface area contributed by atoms with Crippen LogP contribution in [0.5, 0.6) is 5.75 Å². The SMILES string of the molecule is CCCC(C)(CC)c1c(N)c(N)c(OC(C)(CC)CC)c(N)c1N. The summed E-state index contributed by atoms with van der Waals surface area (Å²) in [5.74, 6) is 0.426. The van der Waals surface area contributed by atoms with Crippen molar-refractivity contribution in [3.05, 3.63) is 5.56 Å². The molecule has 0 amide bonds. The summed E-state index contributed by atoms with van der Waals surface area (Å²) < 4.78 is 6.17. The van der Waals surface area contributed by atoms with Crippen LogP contribution in [0.3, 0.4) is 0 Å². The third kappa shape index (κ3) is 3.50. The minimum atomic E-state index is -0.347. The zero-order valence-corrected chi connectivity index (χ0v) is 16.3. The average Bonchev–Trinajstić information content (AvgIpc) is 2.57. The minimum absolute atomic E-state index is 0.150. The van der Waals surface area contributed by atoms with Gasteiger partial charge in [0.15, 0.2) is 5.75 Å². The first-order valence-corrected chi connectivity index (χ1v) is 9.06. The summed E-state index contributed by atoms with van der Waals surface area (Å²) in [7, 11) is 0. The normalized spacial score (nSPS) is 14.4. The summed E-state index contributed by atoms with van der Waals surface area (Å²) in [6, 6.07) is 0. The highest BCUT2D eigenvalue weighted by molar-refractivity contribution is 5.92. The van der Waals surface area contributed by atoms with Gasteiger partial charge < -0.3 is 27.7 Å². The fourth-order valence-electron chi connectivity index (χ4n) is 3.24. The number of hydrogen-bond acceptors (Lipinski definition) is 5. The number of nitrogen functional groups attached to an aromatic ring is 4. The monoisotopic (exact) mass is 336 g/mol. The van der Waals surface area contributed by atoms with Gasteiger partial charge in [0.2, 0.25) is 0 Å². The molecular formula is C19H36N4O. The number of hydrogen-bond donors (Lipinski definition) is 4. The Morgan fingerprint density at radius 2 is 1.21 bits per heavy atom. The summed E-state index contributed by atoms with van der Waals surface area (Å²) in [5.41, 5.74) is 27.7. The predicted molar refractivity (Wildman–Crippen MR) is 106 cm³/mol. The Morgan fingerprint density at radius 1 is 0.750 bits per heavy atom. The van der Waals surface area contributed by atoms with E-state index < -0.39 is 0 Å². The summed E-state index contributed by atoms with van der Waals surface area (Å²) in [6.07, 6.45) is 4.60. The molecule has 138 valence electrons. The molecule has 0 bridgehead atoms. The fraction of sp³-hybridized carbons (Fsp3) is 0.684. The van der Waals surface area contributed by atoms with Crippen LogP contribution < -0.4 is 27.7 Å². The van der Waals surface area contributed by atoms with Crippen LogP contribution in [0.2, 0.25) is 0 Å². The Morgan fingerprint density at radius 3 is 1.54 bits per heavy atom. The highest BCUT2D eigenvalue weighted by atomic mass is 16.5. The molecule has 0 saturated heterocycles. The number of ether oxygens (including phenoxy) is 1. The van der Waals surface area contributed by atoms with Gasteiger partial charge in [-0.25, -0.2) is 0 Å². The second-order valence-corrected chi connectivity index (χ2v) is 7.28. The lowest BCUT2D eigenvalue weighted by Crippen LogP contribution is -2.32. The van der Waals surface area contributed by atoms with Crippen molar-refractivity contribution < 1.29 is 4.74 Å². The zero-order valence-electron chi connectivity index (χ0n) is 16.3. The van der Waals surface area contributed by atoms with E-state index in [-0.39, 0.29) is 11.0 Å². The van der Waals surface area contributed by atoms with Crippen molar-refractivity contribution >= 4 is 22.7 Å². The highest BCUT2D eigenvalue weighted by Gasteiger charge is 2.33. The molecule has 0 spiro atoms. The molecule has 0 aliphatic carbocycles. The summed E-state index contributed by atoms with van der Waals surface area (Å²) in [6.45, 7) is 12.6. The fourth-order valence-corrected chi connectivity index (χ4v) is 3.24. The molecule has 1 unspecified atom stereocenters. The molecule has 24 heavy (non-hydrogen) atoms. The van der Waals surface area contributed by atoms with Crippen LogP contribution in [0.15, 0.2) is 0 Å². The minimum Gasteiger partial charge on any atom is -0.483 e. The highest BCUT2D eigenvalue weighted by Crippen LogP contribution is 2.50. The van der Waals surface area contributed by atoms with Crippen molar-refractivity contribution in [3.8, 4) is 5.75 Å². The van der Waals surface area contributed by atoms with Crippen molar-refractivity contribution in [3.63, 3.8) is 0 Å². The molecule has 5 heteroatoms.